The van der Waals surface area contributed by atoms with E-state index in [0.717, 1.165) is 16.8 Å². The van der Waals surface area contributed by atoms with Gasteiger partial charge in [0.2, 0.25) is 0 Å². The smallest absolute Gasteiger partial charge is 0.161 e. The van der Waals surface area contributed by atoms with Crippen molar-refractivity contribution in [1.82, 2.24) is 9.97 Å². The largest absolute Gasteiger partial charge is 0.228 e. The zero-order chi connectivity index (χ0) is 13.9. The normalized spacial score (nSPS) is 10.5. The second-order valence-corrected chi connectivity index (χ2v) is 5.04. The third kappa shape index (κ3) is 2.67. The predicted octanol–water partition coefficient (Wildman–Crippen LogP) is 5.12. The van der Waals surface area contributed by atoms with Crippen LogP contribution in [-0.4, -0.2) is 9.97 Å². The number of rotatable bonds is 2. The standard InChI is InChI=1S/C16H10Cl2N2/c17-13-9-5-4-8-12(13)14-10-15(18)20-16(19-14)11-6-2-1-3-7-11/h1-10H. The van der Waals surface area contributed by atoms with Crippen LogP contribution in [0, 0.1) is 0 Å². The summed E-state index contributed by atoms with van der Waals surface area (Å²) in [6, 6.07) is 19.0. The van der Waals surface area contributed by atoms with E-state index in [0.29, 0.717) is 16.0 Å². The molecule has 0 saturated carbocycles. The molecule has 0 aliphatic heterocycles. The van der Waals surface area contributed by atoms with E-state index in [1.54, 1.807) is 6.07 Å². The summed E-state index contributed by atoms with van der Waals surface area (Å²) in [5, 5.41) is 1.04. The molecule has 0 atom stereocenters. The van der Waals surface area contributed by atoms with E-state index in [9.17, 15) is 0 Å². The van der Waals surface area contributed by atoms with Gasteiger partial charge in [0.15, 0.2) is 5.82 Å². The highest BCUT2D eigenvalue weighted by atomic mass is 35.5. The maximum atomic E-state index is 6.21. The molecule has 0 aliphatic carbocycles. The van der Waals surface area contributed by atoms with Gasteiger partial charge in [-0.2, -0.15) is 0 Å². The summed E-state index contributed by atoms with van der Waals surface area (Å²) < 4.78 is 0. The SMILES string of the molecule is Clc1cc(-c2ccccc2Cl)nc(-c2ccccc2)n1. The van der Waals surface area contributed by atoms with Crippen molar-refractivity contribution < 1.29 is 0 Å². The van der Waals surface area contributed by atoms with Gasteiger partial charge in [-0.25, -0.2) is 9.97 Å². The van der Waals surface area contributed by atoms with Gasteiger partial charge in [0, 0.05) is 22.2 Å². The number of halogens is 2. The Hall–Kier alpha value is -1.90. The first kappa shape index (κ1) is 13.1. The minimum Gasteiger partial charge on any atom is -0.228 e. The quantitative estimate of drug-likeness (QED) is 0.614. The van der Waals surface area contributed by atoms with E-state index in [1.165, 1.54) is 0 Å². The van der Waals surface area contributed by atoms with E-state index >= 15 is 0 Å². The van der Waals surface area contributed by atoms with E-state index in [-0.39, 0.29) is 0 Å². The lowest BCUT2D eigenvalue weighted by Crippen LogP contribution is -1.93. The molecule has 98 valence electrons. The summed E-state index contributed by atoms with van der Waals surface area (Å²) in [5.41, 5.74) is 2.48. The van der Waals surface area contributed by atoms with Crippen molar-refractivity contribution in [3.63, 3.8) is 0 Å². The molecule has 0 aliphatic rings. The van der Waals surface area contributed by atoms with Crippen LogP contribution in [-0.2, 0) is 0 Å². The number of nitrogens with zero attached hydrogens (tertiary/aromatic N) is 2. The van der Waals surface area contributed by atoms with Crippen LogP contribution < -0.4 is 0 Å². The molecule has 4 heteroatoms. The molecular formula is C16H10Cl2N2. The number of benzene rings is 2. The highest BCUT2D eigenvalue weighted by molar-refractivity contribution is 6.33. The van der Waals surface area contributed by atoms with E-state index in [1.807, 2.05) is 54.6 Å². The maximum absolute atomic E-state index is 6.21. The molecule has 2 aromatic carbocycles. The lowest BCUT2D eigenvalue weighted by Gasteiger charge is -2.07. The summed E-state index contributed by atoms with van der Waals surface area (Å²) in [6.07, 6.45) is 0. The lowest BCUT2D eigenvalue weighted by molar-refractivity contribution is 1.18. The first-order chi connectivity index (χ1) is 9.74. The molecule has 1 heterocycles. The highest BCUT2D eigenvalue weighted by Gasteiger charge is 2.09. The average molecular weight is 301 g/mol. The van der Waals surface area contributed by atoms with Gasteiger partial charge in [-0.15, -0.1) is 0 Å². The molecule has 2 nitrogen and oxygen atoms in total. The van der Waals surface area contributed by atoms with Crippen LogP contribution in [0.5, 0.6) is 0 Å². The van der Waals surface area contributed by atoms with Crippen molar-refractivity contribution in [2.45, 2.75) is 0 Å². The Balaban J connectivity index is 2.15. The van der Waals surface area contributed by atoms with E-state index in [2.05, 4.69) is 9.97 Å². The predicted molar refractivity (Wildman–Crippen MR) is 82.9 cm³/mol. The van der Waals surface area contributed by atoms with Crippen molar-refractivity contribution in [2.24, 2.45) is 0 Å². The molecule has 0 bridgehead atoms. The minimum absolute atomic E-state index is 0.397. The Bertz CT molecular complexity index is 742. The van der Waals surface area contributed by atoms with Crippen molar-refractivity contribution in [3.05, 3.63) is 70.8 Å². The zero-order valence-electron chi connectivity index (χ0n) is 10.4. The Morgan fingerprint density at radius 1 is 0.750 bits per heavy atom. The van der Waals surface area contributed by atoms with Gasteiger partial charge in [0.25, 0.3) is 0 Å². The Labute approximate surface area is 127 Å². The van der Waals surface area contributed by atoms with Crippen molar-refractivity contribution in [1.29, 1.82) is 0 Å². The molecule has 0 spiro atoms. The first-order valence-corrected chi connectivity index (χ1v) is 6.84. The van der Waals surface area contributed by atoms with Crippen LogP contribution in [0.2, 0.25) is 10.2 Å². The minimum atomic E-state index is 0.397. The summed E-state index contributed by atoms with van der Waals surface area (Å²) in [5.74, 6) is 0.591. The third-order valence-corrected chi connectivity index (χ3v) is 3.40. The van der Waals surface area contributed by atoms with Crippen LogP contribution in [0.25, 0.3) is 22.6 Å². The summed E-state index contributed by atoms with van der Waals surface area (Å²) >= 11 is 12.3. The van der Waals surface area contributed by atoms with E-state index in [4.69, 9.17) is 23.2 Å². The summed E-state index contributed by atoms with van der Waals surface area (Å²) in [7, 11) is 0. The average Bonchev–Trinajstić information content (AvgIpc) is 2.48. The van der Waals surface area contributed by atoms with E-state index < -0.39 is 0 Å². The topological polar surface area (TPSA) is 25.8 Å². The Kier molecular flexibility index (Phi) is 3.68. The van der Waals surface area contributed by atoms with Crippen LogP contribution in [0.4, 0.5) is 0 Å². The number of aromatic nitrogens is 2. The van der Waals surface area contributed by atoms with Gasteiger partial charge in [0.1, 0.15) is 5.15 Å². The number of hydrogen-bond acceptors (Lipinski definition) is 2. The van der Waals surface area contributed by atoms with Crippen molar-refractivity contribution in [3.8, 4) is 22.6 Å². The molecule has 0 unspecified atom stereocenters. The lowest BCUT2D eigenvalue weighted by atomic mass is 10.1. The fourth-order valence-corrected chi connectivity index (χ4v) is 2.36. The van der Waals surface area contributed by atoms with Gasteiger partial charge in [-0.05, 0) is 6.07 Å². The number of hydrogen-bond donors (Lipinski definition) is 0. The molecule has 0 N–H and O–H groups in total. The van der Waals surface area contributed by atoms with Gasteiger partial charge >= 0.3 is 0 Å². The molecule has 20 heavy (non-hydrogen) atoms. The first-order valence-electron chi connectivity index (χ1n) is 6.09. The molecule has 0 fully saturated rings. The van der Waals surface area contributed by atoms with Crippen LogP contribution in [0.3, 0.4) is 0 Å². The molecule has 3 aromatic rings. The fourth-order valence-electron chi connectivity index (χ4n) is 1.94. The molecule has 0 saturated heterocycles. The van der Waals surface area contributed by atoms with Gasteiger partial charge < -0.3 is 0 Å². The molecule has 3 rings (SSSR count). The monoisotopic (exact) mass is 300 g/mol. The highest BCUT2D eigenvalue weighted by Crippen LogP contribution is 2.29. The Morgan fingerprint density at radius 3 is 2.20 bits per heavy atom. The molecule has 0 radical (unpaired) electrons. The Morgan fingerprint density at radius 2 is 1.45 bits per heavy atom. The fraction of sp³-hybridized carbons (Fsp3) is 0. The zero-order valence-corrected chi connectivity index (χ0v) is 11.9. The van der Waals surface area contributed by atoms with Crippen LogP contribution in [0.1, 0.15) is 0 Å². The maximum Gasteiger partial charge on any atom is 0.161 e. The second-order valence-electron chi connectivity index (χ2n) is 4.25. The second kappa shape index (κ2) is 5.61. The van der Waals surface area contributed by atoms with Gasteiger partial charge in [-0.3, -0.25) is 0 Å². The molecule has 0 amide bonds. The van der Waals surface area contributed by atoms with Crippen LogP contribution >= 0.6 is 23.2 Å². The van der Waals surface area contributed by atoms with Crippen LogP contribution in [0.15, 0.2) is 60.7 Å². The van der Waals surface area contributed by atoms with Gasteiger partial charge in [0.05, 0.1) is 5.69 Å². The molecular weight excluding hydrogens is 291 g/mol. The van der Waals surface area contributed by atoms with Crippen molar-refractivity contribution >= 4 is 23.2 Å². The van der Waals surface area contributed by atoms with Crippen molar-refractivity contribution in [2.75, 3.05) is 0 Å². The summed E-state index contributed by atoms with van der Waals surface area (Å²) in [4.78, 5) is 8.83. The molecule has 1 aromatic heterocycles. The third-order valence-electron chi connectivity index (χ3n) is 2.88. The van der Waals surface area contributed by atoms with Gasteiger partial charge in [-0.1, -0.05) is 71.7 Å². The summed E-state index contributed by atoms with van der Waals surface area (Å²) in [6.45, 7) is 0.